The summed E-state index contributed by atoms with van der Waals surface area (Å²) in [7, 11) is -4.08. The van der Waals surface area contributed by atoms with Crippen LogP contribution in [0.4, 0.5) is 4.79 Å². The van der Waals surface area contributed by atoms with Crippen LogP contribution in [0.1, 0.15) is 57.2 Å². The Hall–Kier alpha value is -4.64. The smallest absolute Gasteiger partial charge is 0.321 e. The van der Waals surface area contributed by atoms with E-state index in [2.05, 4.69) is 20.6 Å². The predicted molar refractivity (Wildman–Crippen MR) is 206 cm³/mol. The molecule has 2 aromatic heterocycles. The van der Waals surface area contributed by atoms with Gasteiger partial charge in [0.25, 0.3) is 0 Å². The number of nitrogens with one attached hydrogen (secondary N) is 1. The minimum Gasteiger partial charge on any atom is -0.411 e. The molecule has 54 heavy (non-hydrogen) atoms. The Kier molecular flexibility index (Phi) is 12.9. The average molecular weight is 780 g/mol. The number of thiazole rings is 1. The molecule has 4 aromatic rings. The van der Waals surface area contributed by atoms with Gasteiger partial charge < -0.3 is 30.0 Å². The summed E-state index contributed by atoms with van der Waals surface area (Å²) in [5.74, 6) is 0.147. The number of aromatic nitrogens is 2. The van der Waals surface area contributed by atoms with Crippen molar-refractivity contribution in [1.82, 2.24) is 29.6 Å². The van der Waals surface area contributed by atoms with E-state index in [1.54, 1.807) is 22.8 Å². The number of urea groups is 1. The number of oxime groups is 1. The van der Waals surface area contributed by atoms with Crippen LogP contribution in [0, 0.1) is 18.3 Å². The van der Waals surface area contributed by atoms with Crippen molar-refractivity contribution in [3.8, 4) is 10.7 Å². The molecule has 5 rings (SSSR count). The summed E-state index contributed by atoms with van der Waals surface area (Å²) in [6.07, 6.45) is 0.0912. The molecule has 0 saturated carbocycles. The number of carbonyl (C=O) groups excluding carboxylic acids is 2. The van der Waals surface area contributed by atoms with E-state index in [1.165, 1.54) is 46.1 Å². The number of carbonyl (C=O) groups is 2. The zero-order valence-corrected chi connectivity index (χ0v) is 33.0. The van der Waals surface area contributed by atoms with Gasteiger partial charge in [-0.3, -0.25) is 4.79 Å². The molecule has 0 aliphatic carbocycles. The first-order chi connectivity index (χ1) is 25.6. The van der Waals surface area contributed by atoms with Crippen molar-refractivity contribution in [2.75, 3.05) is 26.2 Å². The van der Waals surface area contributed by atoms with Gasteiger partial charge in [-0.05, 0) is 47.9 Å². The highest BCUT2D eigenvalue weighted by molar-refractivity contribution is 7.89. The molecule has 1 aliphatic heterocycles. The van der Waals surface area contributed by atoms with Crippen molar-refractivity contribution in [1.29, 1.82) is 0 Å². The molecule has 1 saturated heterocycles. The van der Waals surface area contributed by atoms with Crippen LogP contribution in [0.15, 0.2) is 80.6 Å². The quantitative estimate of drug-likeness (QED) is 0.0801. The topological polar surface area (TPSA) is 182 Å². The highest BCUT2D eigenvalue weighted by Gasteiger charge is 2.44. The summed E-state index contributed by atoms with van der Waals surface area (Å²) < 4.78 is 34.3. The number of aryl methyl sites for hydroxylation is 1. The number of aliphatic hydroxyl groups excluding tert-OH is 1. The number of aliphatic hydroxyl groups is 1. The molecule has 16 heteroatoms. The van der Waals surface area contributed by atoms with Gasteiger partial charge in [0.2, 0.25) is 15.9 Å². The molecule has 1 aliphatic rings. The Balaban J connectivity index is 1.36. The minimum atomic E-state index is -4.08. The van der Waals surface area contributed by atoms with E-state index in [9.17, 15) is 23.1 Å². The lowest BCUT2D eigenvalue weighted by atomic mass is 9.84. The molecule has 2 aromatic carbocycles. The average Bonchev–Trinajstić information content (AvgIpc) is 3.85. The summed E-state index contributed by atoms with van der Waals surface area (Å²) in [5.41, 5.74) is 1.98. The second-order valence-corrected chi connectivity index (χ2v) is 17.8. The highest BCUT2D eigenvalue weighted by Crippen LogP contribution is 2.30. The van der Waals surface area contributed by atoms with Crippen molar-refractivity contribution in [3.63, 3.8) is 0 Å². The largest absolute Gasteiger partial charge is 0.411 e. The molecular formula is C38H49N7O7S2. The van der Waals surface area contributed by atoms with Crippen LogP contribution in [-0.4, -0.2) is 105 Å². The summed E-state index contributed by atoms with van der Waals surface area (Å²) >= 11 is 1.41. The second-order valence-electron chi connectivity index (χ2n) is 15.0. The second kappa shape index (κ2) is 17.2. The molecule has 3 amide bonds. The lowest BCUT2D eigenvalue weighted by Crippen LogP contribution is -2.59. The third-order valence-corrected chi connectivity index (χ3v) is 11.8. The number of benzene rings is 2. The first kappa shape index (κ1) is 40.5. The normalized spacial score (nSPS) is 15.8. The van der Waals surface area contributed by atoms with Gasteiger partial charge >= 0.3 is 6.03 Å². The molecule has 0 bridgehead atoms. The Morgan fingerprint density at radius 2 is 1.81 bits per heavy atom. The van der Waals surface area contributed by atoms with Crippen LogP contribution in [0.25, 0.3) is 10.7 Å². The first-order valence-corrected chi connectivity index (χ1v) is 20.1. The molecule has 0 radical (unpaired) electrons. The minimum absolute atomic E-state index is 0.0149. The fourth-order valence-electron chi connectivity index (χ4n) is 6.52. The van der Waals surface area contributed by atoms with Gasteiger partial charge in [0, 0.05) is 37.6 Å². The molecular weight excluding hydrogens is 731 g/mol. The summed E-state index contributed by atoms with van der Waals surface area (Å²) in [4.78, 5) is 36.2. The van der Waals surface area contributed by atoms with E-state index in [0.717, 1.165) is 5.56 Å². The molecule has 1 unspecified atom stereocenters. The molecule has 3 atom stereocenters. The van der Waals surface area contributed by atoms with Crippen LogP contribution in [0.2, 0.25) is 0 Å². The van der Waals surface area contributed by atoms with E-state index in [1.807, 2.05) is 70.3 Å². The lowest BCUT2D eigenvalue weighted by Gasteiger charge is -2.38. The Labute approximate surface area is 320 Å². The van der Waals surface area contributed by atoms with Gasteiger partial charge in [0.1, 0.15) is 22.5 Å². The Morgan fingerprint density at radius 1 is 1.11 bits per heavy atom. The van der Waals surface area contributed by atoms with Crippen LogP contribution >= 0.6 is 11.3 Å². The number of hydrogen-bond donors (Lipinski definition) is 3. The number of nitrogens with zero attached hydrogens (tertiary/aromatic N) is 6. The van der Waals surface area contributed by atoms with E-state index in [-0.39, 0.29) is 42.9 Å². The van der Waals surface area contributed by atoms with E-state index >= 15 is 0 Å². The Morgan fingerprint density at radius 3 is 2.43 bits per heavy atom. The summed E-state index contributed by atoms with van der Waals surface area (Å²) in [6, 6.07) is 14.9. The van der Waals surface area contributed by atoms with Gasteiger partial charge in [-0.25, -0.2) is 18.2 Å². The maximum atomic E-state index is 14.4. The fraction of sp³-hybridized carbons (Fsp3) is 0.447. The number of hydrogen-bond acceptors (Lipinski definition) is 11. The fourth-order valence-corrected chi connectivity index (χ4v) is 8.90. The van der Waals surface area contributed by atoms with Crippen LogP contribution in [0.5, 0.6) is 0 Å². The van der Waals surface area contributed by atoms with E-state index in [4.69, 9.17) is 9.73 Å². The van der Waals surface area contributed by atoms with Crippen molar-refractivity contribution < 1.29 is 32.8 Å². The van der Waals surface area contributed by atoms with Crippen molar-refractivity contribution in [2.24, 2.45) is 16.5 Å². The number of amides is 3. The van der Waals surface area contributed by atoms with Gasteiger partial charge in [-0.1, -0.05) is 87.4 Å². The predicted octanol–water partition coefficient (Wildman–Crippen LogP) is 5.00. The van der Waals surface area contributed by atoms with Crippen LogP contribution < -0.4 is 5.32 Å². The molecule has 14 nitrogen and oxygen atoms in total. The van der Waals surface area contributed by atoms with Crippen molar-refractivity contribution in [3.05, 3.63) is 88.6 Å². The van der Waals surface area contributed by atoms with Gasteiger partial charge in [-0.15, -0.1) is 11.3 Å². The maximum Gasteiger partial charge on any atom is 0.321 e. The molecule has 1 fully saturated rings. The maximum absolute atomic E-state index is 14.4. The third-order valence-electron chi connectivity index (χ3n) is 9.03. The number of sulfonamides is 1. The SMILES string of the molecule is Cc1cc(-c2nc(CN3CCN(C(C(=O)N[C@@H](Cc4ccccc4)[C@H](O)CN(CC(C)C)S(=O)(=O)c4ccc(/C=N/O)cc4)C(C)(C)C)C3=O)cs2)no1. The first-order valence-electron chi connectivity index (χ1n) is 17.8. The van der Waals surface area contributed by atoms with Crippen molar-refractivity contribution >= 4 is 39.5 Å². The van der Waals surface area contributed by atoms with E-state index in [0.29, 0.717) is 40.8 Å². The summed E-state index contributed by atoms with van der Waals surface area (Å²) in [6.45, 7) is 12.0. The standard InChI is InChI=1S/C38H49N7O7S2/c1-25(2)21-44(54(50,51)30-14-12-28(13-15-30)20-39-49)23-33(46)31(19-27-10-8-7-9-11-27)41-35(47)34(38(4,5)6)45-17-16-43(37(45)48)22-29-24-53-36(40-29)32-18-26(3)52-42-32/h7-15,18,20,24-25,31,33-34,46,49H,16-17,19,21-23H2,1-6H3,(H,41,47)/b39-20+/t31-,33+,34?/m0/s1. The van der Waals surface area contributed by atoms with Crippen LogP contribution in [0.3, 0.4) is 0 Å². The molecule has 3 heterocycles. The third kappa shape index (κ3) is 9.91. The van der Waals surface area contributed by atoms with Gasteiger partial charge in [0.15, 0.2) is 0 Å². The van der Waals surface area contributed by atoms with Crippen molar-refractivity contribution in [2.45, 2.75) is 77.6 Å². The molecule has 290 valence electrons. The highest BCUT2D eigenvalue weighted by atomic mass is 32.2. The van der Waals surface area contributed by atoms with Gasteiger partial charge in [-0.2, -0.15) is 4.31 Å². The molecule has 3 N–H and O–H groups in total. The monoisotopic (exact) mass is 779 g/mol. The van der Waals surface area contributed by atoms with Crippen LogP contribution in [-0.2, 0) is 27.8 Å². The zero-order valence-electron chi connectivity index (χ0n) is 31.4. The Bertz CT molecular complexity index is 2010. The van der Waals surface area contributed by atoms with Gasteiger partial charge in [0.05, 0.1) is 35.5 Å². The number of rotatable bonds is 16. The lowest BCUT2D eigenvalue weighted by molar-refractivity contribution is -0.130. The van der Waals surface area contributed by atoms with E-state index < -0.39 is 39.5 Å². The molecule has 0 spiro atoms. The summed E-state index contributed by atoms with van der Waals surface area (Å²) in [5, 5.41) is 33.3. The zero-order chi connectivity index (χ0) is 39.2.